The summed E-state index contributed by atoms with van der Waals surface area (Å²) in [5.74, 6) is 0. The SMILES string of the molecule is CC1(N)C[N+](C)(C2c3ccccc3CCc3ccccc32)C1. The Hall–Kier alpha value is -1.64. The van der Waals surface area contributed by atoms with Gasteiger partial charge in [-0.05, 0) is 30.9 Å². The standard InChI is InChI=1S/C20H25N2/c1-20(21)13-22(2,14-20)19-17-9-5-3-7-15(17)11-12-16-8-4-6-10-18(16)19/h3-10,19H,11-14,21H2,1-2H3/q+1. The van der Waals surface area contributed by atoms with E-state index in [-0.39, 0.29) is 5.54 Å². The quantitative estimate of drug-likeness (QED) is 0.804. The second-order valence-electron chi connectivity index (χ2n) is 7.75. The second kappa shape index (κ2) is 4.68. The first-order valence-electron chi connectivity index (χ1n) is 8.27. The highest BCUT2D eigenvalue weighted by Gasteiger charge is 2.53. The first-order chi connectivity index (χ1) is 10.5. The summed E-state index contributed by atoms with van der Waals surface area (Å²) < 4.78 is 1.03. The Labute approximate surface area is 133 Å². The minimum atomic E-state index is -0.0229. The number of hydrogen-bond donors (Lipinski definition) is 1. The van der Waals surface area contributed by atoms with Crippen molar-refractivity contribution in [3.05, 3.63) is 70.8 Å². The normalized spacial score (nSPS) is 30.9. The zero-order chi connectivity index (χ0) is 15.4. The molecule has 22 heavy (non-hydrogen) atoms. The highest BCUT2D eigenvalue weighted by Crippen LogP contribution is 2.44. The van der Waals surface area contributed by atoms with Crippen LogP contribution in [0, 0.1) is 0 Å². The van der Waals surface area contributed by atoms with Crippen LogP contribution in [-0.4, -0.2) is 30.2 Å². The van der Waals surface area contributed by atoms with Crippen molar-refractivity contribution in [2.75, 3.05) is 20.1 Å². The number of hydrogen-bond acceptors (Lipinski definition) is 1. The lowest BCUT2D eigenvalue weighted by Crippen LogP contribution is -2.75. The number of benzene rings is 2. The molecule has 1 saturated heterocycles. The number of nitrogens with two attached hydrogens (primary N) is 1. The van der Waals surface area contributed by atoms with Crippen molar-refractivity contribution in [3.63, 3.8) is 0 Å². The van der Waals surface area contributed by atoms with Crippen molar-refractivity contribution < 1.29 is 4.48 Å². The number of fused-ring (bicyclic) bond motifs is 2. The average molecular weight is 293 g/mol. The van der Waals surface area contributed by atoms with E-state index in [9.17, 15) is 0 Å². The first kappa shape index (κ1) is 14.0. The average Bonchev–Trinajstić information content (AvgIpc) is 2.62. The van der Waals surface area contributed by atoms with Gasteiger partial charge in [0.2, 0.25) is 0 Å². The first-order valence-corrected chi connectivity index (χ1v) is 8.27. The van der Waals surface area contributed by atoms with Gasteiger partial charge in [0, 0.05) is 11.1 Å². The molecule has 0 bridgehead atoms. The van der Waals surface area contributed by atoms with Crippen LogP contribution in [0.5, 0.6) is 0 Å². The summed E-state index contributed by atoms with van der Waals surface area (Å²) >= 11 is 0. The summed E-state index contributed by atoms with van der Waals surface area (Å²) in [6, 6.07) is 18.4. The van der Waals surface area contributed by atoms with Gasteiger partial charge in [-0.25, -0.2) is 0 Å². The van der Waals surface area contributed by atoms with E-state index in [1.165, 1.54) is 22.3 Å². The molecule has 2 aromatic rings. The van der Waals surface area contributed by atoms with E-state index in [2.05, 4.69) is 62.5 Å². The van der Waals surface area contributed by atoms with Crippen molar-refractivity contribution in [2.24, 2.45) is 5.73 Å². The molecule has 2 heteroatoms. The minimum Gasteiger partial charge on any atom is -0.316 e. The Morgan fingerprint density at radius 3 is 1.82 bits per heavy atom. The smallest absolute Gasteiger partial charge is 0.141 e. The third-order valence-electron chi connectivity index (χ3n) is 5.43. The van der Waals surface area contributed by atoms with Gasteiger partial charge in [0.05, 0.1) is 7.05 Å². The predicted molar refractivity (Wildman–Crippen MR) is 90.6 cm³/mol. The lowest BCUT2D eigenvalue weighted by atomic mass is 9.82. The number of rotatable bonds is 1. The zero-order valence-corrected chi connectivity index (χ0v) is 13.5. The molecule has 0 unspecified atom stereocenters. The Morgan fingerprint density at radius 2 is 1.36 bits per heavy atom. The Bertz CT molecular complexity index is 662. The second-order valence-corrected chi connectivity index (χ2v) is 7.75. The number of nitrogens with zero attached hydrogens (tertiary/aromatic N) is 1. The largest absolute Gasteiger partial charge is 0.316 e. The van der Waals surface area contributed by atoms with Gasteiger partial charge in [-0.2, -0.15) is 0 Å². The van der Waals surface area contributed by atoms with E-state index in [1.54, 1.807) is 0 Å². The van der Waals surface area contributed by atoms with Crippen LogP contribution in [0.3, 0.4) is 0 Å². The van der Waals surface area contributed by atoms with E-state index < -0.39 is 0 Å². The summed E-state index contributed by atoms with van der Waals surface area (Å²) in [4.78, 5) is 0. The van der Waals surface area contributed by atoms with Crippen LogP contribution in [0.2, 0.25) is 0 Å². The third kappa shape index (κ3) is 2.10. The molecule has 114 valence electrons. The van der Waals surface area contributed by atoms with Gasteiger partial charge in [0.25, 0.3) is 0 Å². The lowest BCUT2D eigenvalue weighted by molar-refractivity contribution is -0.978. The van der Waals surface area contributed by atoms with E-state index in [0.717, 1.165) is 30.4 Å². The number of quaternary nitrogens is 1. The van der Waals surface area contributed by atoms with Gasteiger partial charge < -0.3 is 10.2 Å². The number of likely N-dealkylation sites (tertiary alicyclic amines) is 1. The summed E-state index contributed by atoms with van der Waals surface area (Å²) in [7, 11) is 2.37. The molecule has 0 spiro atoms. The van der Waals surface area contributed by atoms with Crippen LogP contribution in [0.25, 0.3) is 0 Å². The third-order valence-corrected chi connectivity index (χ3v) is 5.43. The van der Waals surface area contributed by atoms with Crippen LogP contribution in [0.4, 0.5) is 0 Å². The van der Waals surface area contributed by atoms with E-state index in [1.807, 2.05) is 0 Å². The molecule has 1 aliphatic carbocycles. The van der Waals surface area contributed by atoms with Gasteiger partial charge in [0.1, 0.15) is 24.7 Å². The van der Waals surface area contributed by atoms with Gasteiger partial charge in [-0.15, -0.1) is 0 Å². The zero-order valence-electron chi connectivity index (χ0n) is 13.5. The molecule has 2 aliphatic rings. The Balaban J connectivity index is 1.89. The number of aryl methyl sites for hydroxylation is 2. The molecule has 0 amide bonds. The van der Waals surface area contributed by atoms with E-state index in [4.69, 9.17) is 5.73 Å². The van der Waals surface area contributed by atoms with Gasteiger partial charge >= 0.3 is 0 Å². The van der Waals surface area contributed by atoms with Crippen molar-refractivity contribution in [3.8, 4) is 0 Å². The van der Waals surface area contributed by atoms with Crippen molar-refractivity contribution in [1.29, 1.82) is 0 Å². The fourth-order valence-corrected chi connectivity index (χ4v) is 4.95. The van der Waals surface area contributed by atoms with E-state index in [0.29, 0.717) is 6.04 Å². The molecule has 2 nitrogen and oxygen atoms in total. The van der Waals surface area contributed by atoms with E-state index >= 15 is 0 Å². The summed E-state index contributed by atoms with van der Waals surface area (Å²) in [6.45, 7) is 4.27. The van der Waals surface area contributed by atoms with Crippen LogP contribution < -0.4 is 5.73 Å². The van der Waals surface area contributed by atoms with Crippen LogP contribution >= 0.6 is 0 Å². The molecule has 1 aliphatic heterocycles. The highest BCUT2D eigenvalue weighted by atomic mass is 15.4. The van der Waals surface area contributed by atoms with Crippen molar-refractivity contribution in [1.82, 2.24) is 0 Å². The molecule has 0 atom stereocenters. The van der Waals surface area contributed by atoms with Crippen LogP contribution in [-0.2, 0) is 12.8 Å². The summed E-state index contributed by atoms with van der Waals surface area (Å²) in [5, 5.41) is 0. The summed E-state index contributed by atoms with van der Waals surface area (Å²) in [5.41, 5.74) is 12.4. The topological polar surface area (TPSA) is 26.0 Å². The maximum absolute atomic E-state index is 6.37. The Morgan fingerprint density at radius 1 is 0.909 bits per heavy atom. The fourth-order valence-electron chi connectivity index (χ4n) is 4.95. The van der Waals surface area contributed by atoms with Gasteiger partial charge in [0.15, 0.2) is 0 Å². The van der Waals surface area contributed by atoms with Gasteiger partial charge in [-0.1, -0.05) is 48.5 Å². The molecular weight excluding hydrogens is 268 g/mol. The maximum Gasteiger partial charge on any atom is 0.141 e. The predicted octanol–water partition coefficient (Wildman–Crippen LogP) is 3.05. The monoisotopic (exact) mass is 293 g/mol. The minimum absolute atomic E-state index is 0.0229. The van der Waals surface area contributed by atoms with Crippen molar-refractivity contribution in [2.45, 2.75) is 31.3 Å². The maximum atomic E-state index is 6.37. The molecule has 0 radical (unpaired) electrons. The molecule has 1 heterocycles. The van der Waals surface area contributed by atoms with Crippen molar-refractivity contribution >= 4 is 0 Å². The summed E-state index contributed by atoms with van der Waals surface area (Å²) in [6.07, 6.45) is 2.28. The molecule has 4 rings (SSSR count). The molecule has 2 aromatic carbocycles. The molecule has 2 N–H and O–H groups in total. The Kier molecular flexibility index (Phi) is 2.97. The molecule has 1 fully saturated rings. The van der Waals surface area contributed by atoms with Crippen LogP contribution in [0.1, 0.15) is 35.2 Å². The fraction of sp³-hybridized carbons (Fsp3) is 0.400. The van der Waals surface area contributed by atoms with Crippen LogP contribution in [0.15, 0.2) is 48.5 Å². The molecule has 0 aromatic heterocycles. The lowest BCUT2D eigenvalue weighted by Gasteiger charge is -2.56. The molecular formula is C20H25N2+. The molecule has 0 saturated carbocycles. The number of likely N-dealkylation sites (N-methyl/N-ethyl adjacent to an activating group) is 1. The van der Waals surface area contributed by atoms with Gasteiger partial charge in [-0.3, -0.25) is 0 Å². The highest BCUT2D eigenvalue weighted by molar-refractivity contribution is 5.43.